The van der Waals surface area contributed by atoms with Crippen LogP contribution >= 0.6 is 39.1 Å². The van der Waals surface area contributed by atoms with E-state index < -0.39 is 24.2 Å². The minimum atomic E-state index is -4.54. The molecule has 31 heavy (non-hydrogen) atoms. The summed E-state index contributed by atoms with van der Waals surface area (Å²) >= 11 is 15.3. The number of nitrogens with one attached hydrogen (secondary N) is 2. The lowest BCUT2D eigenvalue weighted by Crippen LogP contribution is -2.35. The predicted octanol–water partition coefficient (Wildman–Crippen LogP) is 6.87. The molecule has 0 saturated carbocycles. The van der Waals surface area contributed by atoms with Gasteiger partial charge < -0.3 is 10.6 Å². The van der Waals surface area contributed by atoms with Gasteiger partial charge in [0.15, 0.2) is 11.7 Å². The van der Waals surface area contributed by atoms with Crippen molar-refractivity contribution >= 4 is 56.5 Å². The van der Waals surface area contributed by atoms with Crippen molar-refractivity contribution in [2.45, 2.75) is 24.7 Å². The third-order valence-corrected chi connectivity index (χ3v) is 5.96. The number of amides is 1. The summed E-state index contributed by atoms with van der Waals surface area (Å²) in [5.74, 6) is -0.599. The van der Waals surface area contributed by atoms with Crippen LogP contribution in [0.5, 0.6) is 0 Å². The molecule has 1 aliphatic heterocycles. The van der Waals surface area contributed by atoms with Crippen molar-refractivity contribution in [1.29, 1.82) is 0 Å². The third kappa shape index (κ3) is 4.68. The molecule has 0 bridgehead atoms. The van der Waals surface area contributed by atoms with Gasteiger partial charge in [-0.2, -0.15) is 18.3 Å². The van der Waals surface area contributed by atoms with E-state index in [-0.39, 0.29) is 28.6 Å². The Kier molecular flexibility index (Phi) is 5.93. The molecule has 0 unspecified atom stereocenters. The Bertz CT molecular complexity index is 1130. The van der Waals surface area contributed by atoms with E-state index in [1.165, 1.54) is 18.2 Å². The van der Waals surface area contributed by atoms with Crippen LogP contribution in [0.4, 0.5) is 24.7 Å². The summed E-state index contributed by atoms with van der Waals surface area (Å²) < 4.78 is 43.0. The van der Waals surface area contributed by atoms with Gasteiger partial charge in [-0.05, 0) is 35.9 Å². The van der Waals surface area contributed by atoms with Crippen LogP contribution in [0.15, 0.2) is 53.0 Å². The molecule has 2 aromatic carbocycles. The average Bonchev–Trinajstić information content (AvgIpc) is 3.14. The minimum Gasteiger partial charge on any atom is -0.363 e. The third-order valence-electron chi connectivity index (χ3n) is 4.87. The summed E-state index contributed by atoms with van der Waals surface area (Å²) in [5, 5.41) is 10.1. The Hall–Kier alpha value is -2.23. The van der Waals surface area contributed by atoms with Crippen molar-refractivity contribution in [2.24, 2.45) is 0 Å². The van der Waals surface area contributed by atoms with E-state index >= 15 is 0 Å². The second-order valence-electron chi connectivity index (χ2n) is 6.98. The van der Waals surface area contributed by atoms with Crippen molar-refractivity contribution in [3.63, 3.8) is 0 Å². The Balaban J connectivity index is 1.65. The maximum Gasteiger partial charge on any atom is 0.410 e. The standard InChI is InChI=1S/C20H14BrCl2F3N4O/c21-11-3-1-10(2-4-11)14-8-17(20(24,25)26)30-18(27-14)9-16(29-30)19(31)28-15-7-12(22)5-6-13(15)23/h1-7,9,14,17,27H,8H2,(H,28,31)/t14-,17+/m1/s1. The van der Waals surface area contributed by atoms with Crippen LogP contribution in [0, 0.1) is 0 Å². The number of carbonyl (C=O) groups is 1. The van der Waals surface area contributed by atoms with E-state index in [1.807, 2.05) is 0 Å². The molecule has 0 saturated heterocycles. The number of hydrogen-bond acceptors (Lipinski definition) is 3. The highest BCUT2D eigenvalue weighted by Crippen LogP contribution is 2.43. The lowest BCUT2D eigenvalue weighted by molar-refractivity contribution is -0.173. The second-order valence-corrected chi connectivity index (χ2v) is 8.74. The maximum atomic E-state index is 13.8. The molecule has 1 aliphatic rings. The van der Waals surface area contributed by atoms with E-state index in [4.69, 9.17) is 23.2 Å². The van der Waals surface area contributed by atoms with Gasteiger partial charge >= 0.3 is 6.18 Å². The molecule has 162 valence electrons. The van der Waals surface area contributed by atoms with Crippen LogP contribution in [0.2, 0.25) is 10.0 Å². The van der Waals surface area contributed by atoms with E-state index in [2.05, 4.69) is 31.7 Å². The Labute approximate surface area is 193 Å². The number of benzene rings is 2. The number of halogens is 6. The summed E-state index contributed by atoms with van der Waals surface area (Å²) in [6.45, 7) is 0. The fraction of sp³-hybridized carbons (Fsp3) is 0.200. The van der Waals surface area contributed by atoms with Gasteiger partial charge in [-0.3, -0.25) is 4.79 Å². The molecule has 0 aliphatic carbocycles. The lowest BCUT2D eigenvalue weighted by Gasteiger charge is -2.33. The predicted molar refractivity (Wildman–Crippen MR) is 117 cm³/mol. The van der Waals surface area contributed by atoms with E-state index in [1.54, 1.807) is 30.3 Å². The zero-order valence-electron chi connectivity index (χ0n) is 15.6. The van der Waals surface area contributed by atoms with Crippen molar-refractivity contribution < 1.29 is 18.0 Å². The SMILES string of the molecule is O=C(Nc1cc(Cl)ccc1Cl)c1cc2n(n1)[C@H](C(F)(F)F)C[C@H](c1ccc(Br)cc1)N2. The molecular weight excluding hydrogens is 520 g/mol. The van der Waals surface area contributed by atoms with Gasteiger partial charge in [0.2, 0.25) is 0 Å². The van der Waals surface area contributed by atoms with E-state index in [9.17, 15) is 18.0 Å². The molecular formula is C20H14BrCl2F3N4O. The number of rotatable bonds is 3. The van der Waals surface area contributed by atoms with Crippen LogP contribution in [-0.4, -0.2) is 21.9 Å². The number of anilines is 2. The molecule has 3 aromatic rings. The first-order valence-electron chi connectivity index (χ1n) is 9.06. The number of aromatic nitrogens is 2. The first-order valence-corrected chi connectivity index (χ1v) is 10.6. The number of nitrogens with zero attached hydrogens (tertiary/aromatic N) is 2. The molecule has 11 heteroatoms. The molecule has 0 radical (unpaired) electrons. The molecule has 2 heterocycles. The first kappa shape index (κ1) is 22.0. The quantitative estimate of drug-likeness (QED) is 0.386. The maximum absolute atomic E-state index is 13.8. The van der Waals surface area contributed by atoms with Crippen LogP contribution in [0.1, 0.15) is 34.6 Å². The molecule has 2 N–H and O–H groups in total. The summed E-state index contributed by atoms with van der Waals surface area (Å²) in [5.41, 5.74) is 0.754. The fourth-order valence-electron chi connectivity index (χ4n) is 3.38. The second kappa shape index (κ2) is 8.37. The first-order chi connectivity index (χ1) is 14.6. The van der Waals surface area contributed by atoms with Gasteiger partial charge in [0.05, 0.1) is 16.8 Å². The van der Waals surface area contributed by atoms with Crippen LogP contribution in [0.25, 0.3) is 0 Å². The van der Waals surface area contributed by atoms with Gasteiger partial charge in [0, 0.05) is 22.0 Å². The molecule has 4 rings (SSSR count). The highest BCUT2D eigenvalue weighted by atomic mass is 79.9. The summed E-state index contributed by atoms with van der Waals surface area (Å²) in [7, 11) is 0. The van der Waals surface area contributed by atoms with Gasteiger partial charge in [0.25, 0.3) is 5.91 Å². The summed E-state index contributed by atoms with van der Waals surface area (Å²) in [6.07, 6.45) is -4.80. The zero-order valence-corrected chi connectivity index (χ0v) is 18.6. The monoisotopic (exact) mass is 532 g/mol. The van der Waals surface area contributed by atoms with Gasteiger partial charge in [0.1, 0.15) is 5.82 Å². The Morgan fingerprint density at radius 1 is 1.16 bits per heavy atom. The van der Waals surface area contributed by atoms with Crippen molar-refractivity contribution in [1.82, 2.24) is 9.78 Å². The lowest BCUT2D eigenvalue weighted by atomic mass is 9.97. The summed E-state index contributed by atoms with van der Waals surface area (Å²) in [4.78, 5) is 12.6. The molecule has 0 fully saturated rings. The number of alkyl halides is 3. The molecule has 2 atom stereocenters. The highest BCUT2D eigenvalue weighted by Gasteiger charge is 2.46. The van der Waals surface area contributed by atoms with Crippen molar-refractivity contribution in [3.05, 3.63) is 74.3 Å². The fourth-order valence-corrected chi connectivity index (χ4v) is 3.98. The Morgan fingerprint density at radius 2 is 1.87 bits per heavy atom. The zero-order chi connectivity index (χ0) is 22.3. The van der Waals surface area contributed by atoms with E-state index in [0.717, 1.165) is 9.15 Å². The number of carbonyl (C=O) groups excluding carboxylic acids is 1. The largest absolute Gasteiger partial charge is 0.410 e. The number of hydrogen-bond donors (Lipinski definition) is 2. The van der Waals surface area contributed by atoms with Gasteiger partial charge in [-0.1, -0.05) is 51.3 Å². The van der Waals surface area contributed by atoms with Crippen LogP contribution < -0.4 is 10.6 Å². The average molecular weight is 534 g/mol. The molecule has 1 amide bonds. The van der Waals surface area contributed by atoms with Crippen LogP contribution in [-0.2, 0) is 0 Å². The van der Waals surface area contributed by atoms with Crippen LogP contribution in [0.3, 0.4) is 0 Å². The normalized spacial score (nSPS) is 18.3. The van der Waals surface area contributed by atoms with Crippen molar-refractivity contribution in [2.75, 3.05) is 10.6 Å². The summed E-state index contributed by atoms with van der Waals surface area (Å²) in [6, 6.07) is 10.3. The smallest absolute Gasteiger partial charge is 0.363 e. The topological polar surface area (TPSA) is 59.0 Å². The molecule has 0 spiro atoms. The minimum absolute atomic E-state index is 0.101. The van der Waals surface area contributed by atoms with Gasteiger partial charge in [-0.15, -0.1) is 0 Å². The molecule has 5 nitrogen and oxygen atoms in total. The molecule has 1 aromatic heterocycles. The number of fused-ring (bicyclic) bond motifs is 1. The van der Waals surface area contributed by atoms with Gasteiger partial charge in [-0.25, -0.2) is 4.68 Å². The van der Waals surface area contributed by atoms with Crippen molar-refractivity contribution in [3.8, 4) is 0 Å². The van der Waals surface area contributed by atoms with E-state index in [0.29, 0.717) is 10.6 Å². The Morgan fingerprint density at radius 3 is 2.55 bits per heavy atom. The highest BCUT2D eigenvalue weighted by molar-refractivity contribution is 9.10.